The molecule has 1 saturated heterocycles. The molecule has 17 heavy (non-hydrogen) atoms. The minimum absolute atomic E-state index is 0.376. The van der Waals surface area contributed by atoms with Gasteiger partial charge >= 0.3 is 0 Å². The van der Waals surface area contributed by atoms with Gasteiger partial charge in [0.1, 0.15) is 5.75 Å². The Bertz CT molecular complexity index is 333. The molecular formula is C14H22N2O. The van der Waals surface area contributed by atoms with Crippen molar-refractivity contribution >= 4 is 0 Å². The summed E-state index contributed by atoms with van der Waals surface area (Å²) in [5, 5.41) is 12.8. The summed E-state index contributed by atoms with van der Waals surface area (Å²) in [5.74, 6) is 0.376. The van der Waals surface area contributed by atoms with Crippen molar-refractivity contribution in [1.29, 1.82) is 0 Å². The Labute approximate surface area is 103 Å². The van der Waals surface area contributed by atoms with E-state index in [2.05, 4.69) is 16.3 Å². The lowest BCUT2D eigenvalue weighted by Crippen LogP contribution is -2.29. The number of aromatic hydroxyl groups is 1. The van der Waals surface area contributed by atoms with Crippen molar-refractivity contribution in [2.75, 3.05) is 32.7 Å². The highest BCUT2D eigenvalue weighted by atomic mass is 16.3. The molecule has 1 aliphatic rings. The molecule has 94 valence electrons. The number of nitrogens with one attached hydrogen (secondary N) is 1. The van der Waals surface area contributed by atoms with Crippen LogP contribution >= 0.6 is 0 Å². The lowest BCUT2D eigenvalue weighted by molar-refractivity contribution is 0.289. The second-order valence-electron chi connectivity index (χ2n) is 4.72. The molecule has 0 saturated carbocycles. The maximum atomic E-state index is 9.38. The summed E-state index contributed by atoms with van der Waals surface area (Å²) in [7, 11) is 0. The van der Waals surface area contributed by atoms with Gasteiger partial charge in [-0.25, -0.2) is 0 Å². The molecule has 0 bridgehead atoms. The van der Waals surface area contributed by atoms with Crippen LogP contribution in [0, 0.1) is 0 Å². The van der Waals surface area contributed by atoms with Crippen LogP contribution < -0.4 is 5.32 Å². The smallest absolute Gasteiger partial charge is 0.115 e. The first kappa shape index (κ1) is 12.4. The van der Waals surface area contributed by atoms with Crippen LogP contribution in [0.15, 0.2) is 24.3 Å². The summed E-state index contributed by atoms with van der Waals surface area (Å²) in [4.78, 5) is 2.53. The van der Waals surface area contributed by atoms with Crippen molar-refractivity contribution in [1.82, 2.24) is 10.2 Å². The molecule has 3 heteroatoms. The summed E-state index contributed by atoms with van der Waals surface area (Å²) in [6.07, 6.45) is 3.48. The summed E-state index contributed by atoms with van der Waals surface area (Å²) < 4.78 is 0. The molecule has 3 nitrogen and oxygen atoms in total. The molecule has 0 radical (unpaired) electrons. The van der Waals surface area contributed by atoms with Gasteiger partial charge in [-0.3, -0.25) is 0 Å². The fourth-order valence-electron chi connectivity index (χ4n) is 2.34. The Morgan fingerprint density at radius 1 is 1.24 bits per heavy atom. The zero-order chi connectivity index (χ0) is 11.9. The van der Waals surface area contributed by atoms with Gasteiger partial charge in [-0.05, 0) is 56.6 Å². The maximum absolute atomic E-state index is 9.38. The van der Waals surface area contributed by atoms with E-state index in [-0.39, 0.29) is 0 Å². The first-order valence-electron chi connectivity index (χ1n) is 6.55. The highest BCUT2D eigenvalue weighted by Crippen LogP contribution is 2.12. The number of aryl methyl sites for hydroxylation is 1. The van der Waals surface area contributed by atoms with Crippen molar-refractivity contribution in [2.45, 2.75) is 19.3 Å². The van der Waals surface area contributed by atoms with E-state index >= 15 is 0 Å². The van der Waals surface area contributed by atoms with Crippen LogP contribution in [0.4, 0.5) is 0 Å². The second-order valence-corrected chi connectivity index (χ2v) is 4.72. The Hall–Kier alpha value is -1.06. The van der Waals surface area contributed by atoms with Crippen molar-refractivity contribution in [3.8, 4) is 5.75 Å². The molecule has 0 spiro atoms. The molecule has 0 aromatic heterocycles. The van der Waals surface area contributed by atoms with Crippen molar-refractivity contribution < 1.29 is 5.11 Å². The van der Waals surface area contributed by atoms with Gasteiger partial charge in [0, 0.05) is 13.1 Å². The highest BCUT2D eigenvalue weighted by molar-refractivity contribution is 5.27. The van der Waals surface area contributed by atoms with Crippen LogP contribution in [0.1, 0.15) is 18.4 Å². The molecule has 1 aromatic rings. The average molecular weight is 234 g/mol. The van der Waals surface area contributed by atoms with Crippen LogP contribution in [0.25, 0.3) is 0 Å². The van der Waals surface area contributed by atoms with Gasteiger partial charge in [-0.1, -0.05) is 12.1 Å². The second kappa shape index (κ2) is 6.62. The number of phenolic OH excluding ortho intramolecular Hbond substituents is 1. The molecule has 2 rings (SSSR count). The lowest BCUT2D eigenvalue weighted by atomic mass is 10.1. The van der Waals surface area contributed by atoms with E-state index in [4.69, 9.17) is 0 Å². The SMILES string of the molecule is Oc1cccc(CCCN2CCCNCC2)c1. The Kier molecular flexibility index (Phi) is 4.83. The Morgan fingerprint density at radius 3 is 3.06 bits per heavy atom. The minimum atomic E-state index is 0.376. The van der Waals surface area contributed by atoms with E-state index in [1.54, 1.807) is 6.07 Å². The summed E-state index contributed by atoms with van der Waals surface area (Å²) >= 11 is 0. The first-order valence-corrected chi connectivity index (χ1v) is 6.55. The number of nitrogens with zero attached hydrogens (tertiary/aromatic N) is 1. The first-order chi connectivity index (χ1) is 8.34. The number of rotatable bonds is 4. The van der Waals surface area contributed by atoms with Crippen molar-refractivity contribution in [2.24, 2.45) is 0 Å². The van der Waals surface area contributed by atoms with E-state index < -0.39 is 0 Å². The zero-order valence-electron chi connectivity index (χ0n) is 10.4. The van der Waals surface area contributed by atoms with Gasteiger partial charge in [0.25, 0.3) is 0 Å². The number of benzene rings is 1. The predicted molar refractivity (Wildman–Crippen MR) is 70.4 cm³/mol. The molecule has 1 aliphatic heterocycles. The average Bonchev–Trinajstić information content (AvgIpc) is 2.58. The molecule has 0 amide bonds. The Morgan fingerprint density at radius 2 is 2.18 bits per heavy atom. The largest absolute Gasteiger partial charge is 0.508 e. The summed E-state index contributed by atoms with van der Waals surface area (Å²) in [6.45, 7) is 5.82. The van der Waals surface area contributed by atoms with E-state index in [0.29, 0.717) is 5.75 Å². The monoisotopic (exact) mass is 234 g/mol. The lowest BCUT2D eigenvalue weighted by Gasteiger charge is -2.19. The van der Waals surface area contributed by atoms with Gasteiger partial charge in [0.15, 0.2) is 0 Å². The molecule has 0 aliphatic carbocycles. The van der Waals surface area contributed by atoms with Gasteiger partial charge in [-0.2, -0.15) is 0 Å². The van der Waals surface area contributed by atoms with Crippen LogP contribution in [0.5, 0.6) is 5.75 Å². The van der Waals surface area contributed by atoms with Crippen molar-refractivity contribution in [3.05, 3.63) is 29.8 Å². The minimum Gasteiger partial charge on any atom is -0.508 e. The van der Waals surface area contributed by atoms with Gasteiger partial charge < -0.3 is 15.3 Å². The standard InChI is InChI=1S/C14H22N2O/c17-14-6-1-4-13(12-14)5-2-9-16-10-3-7-15-8-11-16/h1,4,6,12,15,17H,2-3,5,7-11H2. The van der Waals surface area contributed by atoms with Crippen LogP contribution in [-0.2, 0) is 6.42 Å². The Balaban J connectivity index is 1.71. The third-order valence-corrected chi connectivity index (χ3v) is 3.28. The molecule has 0 unspecified atom stereocenters. The third-order valence-electron chi connectivity index (χ3n) is 3.28. The quantitative estimate of drug-likeness (QED) is 0.831. The number of hydrogen-bond acceptors (Lipinski definition) is 3. The van der Waals surface area contributed by atoms with E-state index in [1.165, 1.54) is 31.5 Å². The van der Waals surface area contributed by atoms with Crippen LogP contribution in [0.2, 0.25) is 0 Å². The highest BCUT2D eigenvalue weighted by Gasteiger charge is 2.07. The van der Waals surface area contributed by atoms with Crippen LogP contribution in [-0.4, -0.2) is 42.7 Å². The molecular weight excluding hydrogens is 212 g/mol. The molecule has 1 fully saturated rings. The number of phenols is 1. The number of hydrogen-bond donors (Lipinski definition) is 2. The molecule has 1 heterocycles. The third kappa shape index (κ3) is 4.36. The molecule has 0 atom stereocenters. The van der Waals surface area contributed by atoms with Gasteiger partial charge in [0.05, 0.1) is 0 Å². The van der Waals surface area contributed by atoms with Gasteiger partial charge in [0.2, 0.25) is 0 Å². The fourth-order valence-corrected chi connectivity index (χ4v) is 2.34. The van der Waals surface area contributed by atoms with E-state index in [0.717, 1.165) is 26.1 Å². The fraction of sp³-hybridized carbons (Fsp3) is 0.571. The zero-order valence-corrected chi connectivity index (χ0v) is 10.4. The molecule has 2 N–H and O–H groups in total. The topological polar surface area (TPSA) is 35.5 Å². The summed E-state index contributed by atoms with van der Waals surface area (Å²) in [5.41, 5.74) is 1.23. The maximum Gasteiger partial charge on any atom is 0.115 e. The molecule has 1 aromatic carbocycles. The normalized spacial score (nSPS) is 17.9. The van der Waals surface area contributed by atoms with E-state index in [9.17, 15) is 5.11 Å². The van der Waals surface area contributed by atoms with Gasteiger partial charge in [-0.15, -0.1) is 0 Å². The van der Waals surface area contributed by atoms with Crippen LogP contribution in [0.3, 0.4) is 0 Å². The summed E-state index contributed by atoms with van der Waals surface area (Å²) in [6, 6.07) is 7.60. The van der Waals surface area contributed by atoms with Crippen molar-refractivity contribution in [3.63, 3.8) is 0 Å². The van der Waals surface area contributed by atoms with E-state index in [1.807, 2.05) is 12.1 Å². The predicted octanol–water partition coefficient (Wildman–Crippen LogP) is 1.62.